The van der Waals surface area contributed by atoms with E-state index >= 15 is 0 Å². The van der Waals surface area contributed by atoms with E-state index in [0.717, 1.165) is 55.1 Å². The maximum Gasteiger partial charge on any atom is 0.134 e. The van der Waals surface area contributed by atoms with Crippen LogP contribution in [0, 0.1) is 0 Å². The topological polar surface area (TPSA) is 50.3 Å². The number of aromatic nitrogens is 2. The third-order valence-electron chi connectivity index (χ3n) is 4.30. The van der Waals surface area contributed by atoms with Crippen LogP contribution in [-0.4, -0.2) is 42.8 Å². The summed E-state index contributed by atoms with van der Waals surface area (Å²) in [4.78, 5) is 10.9. The molecule has 1 aromatic heterocycles. The second-order valence-corrected chi connectivity index (χ2v) is 6.99. The Morgan fingerprint density at radius 1 is 1.21 bits per heavy atom. The second-order valence-electron chi connectivity index (χ2n) is 6.58. The summed E-state index contributed by atoms with van der Waals surface area (Å²) >= 11 is 6.35. The van der Waals surface area contributed by atoms with Gasteiger partial charge in [0.05, 0.1) is 13.2 Å². The zero-order valence-corrected chi connectivity index (χ0v) is 14.9. The predicted octanol–water partition coefficient (Wildman–Crippen LogP) is 3.36. The van der Waals surface area contributed by atoms with Crippen molar-refractivity contribution in [3.05, 3.63) is 47.2 Å². The molecule has 2 heterocycles. The van der Waals surface area contributed by atoms with Gasteiger partial charge in [0.25, 0.3) is 0 Å². The van der Waals surface area contributed by atoms with E-state index in [9.17, 15) is 0 Å². The minimum Gasteiger partial charge on any atom is -0.378 e. The molecule has 0 unspecified atom stereocenters. The van der Waals surface area contributed by atoms with Crippen LogP contribution in [0.3, 0.4) is 0 Å². The molecule has 6 heteroatoms. The average Bonchev–Trinajstić information content (AvgIpc) is 2.61. The van der Waals surface area contributed by atoms with E-state index in [0.29, 0.717) is 0 Å². The SMILES string of the molecule is CC(C)(CNc1cc(N2CCOCC2)ncn1)c1ccccc1Cl. The van der Waals surface area contributed by atoms with Gasteiger partial charge in [-0.25, -0.2) is 9.97 Å². The number of rotatable bonds is 5. The van der Waals surface area contributed by atoms with Crippen molar-refractivity contribution in [2.24, 2.45) is 0 Å². The number of benzene rings is 1. The van der Waals surface area contributed by atoms with Crippen molar-refractivity contribution in [3.8, 4) is 0 Å². The number of morpholine rings is 1. The first-order valence-electron chi connectivity index (χ1n) is 8.20. The summed E-state index contributed by atoms with van der Waals surface area (Å²) in [6.45, 7) is 8.29. The Labute approximate surface area is 148 Å². The lowest BCUT2D eigenvalue weighted by Crippen LogP contribution is -2.36. The molecular weight excluding hydrogens is 324 g/mol. The van der Waals surface area contributed by atoms with Crippen molar-refractivity contribution in [3.63, 3.8) is 0 Å². The molecule has 24 heavy (non-hydrogen) atoms. The number of ether oxygens (including phenoxy) is 1. The molecule has 5 nitrogen and oxygen atoms in total. The summed E-state index contributed by atoms with van der Waals surface area (Å²) in [5.74, 6) is 1.76. The maximum absolute atomic E-state index is 6.35. The number of nitrogens with one attached hydrogen (secondary N) is 1. The predicted molar refractivity (Wildman–Crippen MR) is 98.0 cm³/mol. The lowest BCUT2D eigenvalue weighted by molar-refractivity contribution is 0.122. The van der Waals surface area contributed by atoms with Gasteiger partial charge in [-0.05, 0) is 11.6 Å². The first-order valence-corrected chi connectivity index (χ1v) is 8.58. The number of anilines is 2. The Morgan fingerprint density at radius 3 is 2.71 bits per heavy atom. The zero-order valence-electron chi connectivity index (χ0n) is 14.1. The Morgan fingerprint density at radius 2 is 1.96 bits per heavy atom. The van der Waals surface area contributed by atoms with Gasteiger partial charge in [-0.15, -0.1) is 0 Å². The minimum absolute atomic E-state index is 0.109. The Bertz CT molecular complexity index is 686. The first kappa shape index (κ1) is 17.0. The van der Waals surface area contributed by atoms with Gasteiger partial charge < -0.3 is 15.0 Å². The van der Waals surface area contributed by atoms with Gasteiger partial charge in [-0.3, -0.25) is 0 Å². The lowest BCUT2D eigenvalue weighted by Gasteiger charge is -2.29. The average molecular weight is 347 g/mol. The van der Waals surface area contributed by atoms with Crippen LogP contribution in [0.15, 0.2) is 36.7 Å². The van der Waals surface area contributed by atoms with E-state index in [1.165, 1.54) is 0 Å². The van der Waals surface area contributed by atoms with Crippen LogP contribution in [-0.2, 0) is 10.2 Å². The highest BCUT2D eigenvalue weighted by Gasteiger charge is 2.23. The molecule has 1 N–H and O–H groups in total. The van der Waals surface area contributed by atoms with Crippen LogP contribution in [0.2, 0.25) is 5.02 Å². The van der Waals surface area contributed by atoms with E-state index in [4.69, 9.17) is 16.3 Å². The van der Waals surface area contributed by atoms with Crippen molar-refractivity contribution in [2.45, 2.75) is 19.3 Å². The highest BCUT2D eigenvalue weighted by atomic mass is 35.5. The number of nitrogens with zero attached hydrogens (tertiary/aromatic N) is 3. The largest absolute Gasteiger partial charge is 0.378 e. The zero-order chi connectivity index (χ0) is 17.0. The molecule has 0 atom stereocenters. The van der Waals surface area contributed by atoms with E-state index in [-0.39, 0.29) is 5.41 Å². The van der Waals surface area contributed by atoms with Crippen LogP contribution in [0.4, 0.5) is 11.6 Å². The van der Waals surface area contributed by atoms with Gasteiger partial charge in [0.2, 0.25) is 0 Å². The summed E-state index contributed by atoms with van der Waals surface area (Å²) < 4.78 is 5.39. The summed E-state index contributed by atoms with van der Waals surface area (Å²) in [6, 6.07) is 9.97. The quantitative estimate of drug-likeness (QED) is 0.899. The summed E-state index contributed by atoms with van der Waals surface area (Å²) in [7, 11) is 0. The molecule has 0 amide bonds. The van der Waals surface area contributed by atoms with Gasteiger partial charge in [0.15, 0.2) is 0 Å². The third-order valence-corrected chi connectivity index (χ3v) is 4.63. The molecule has 2 aromatic rings. The Hall–Kier alpha value is -1.85. The van der Waals surface area contributed by atoms with Crippen molar-refractivity contribution >= 4 is 23.2 Å². The highest BCUT2D eigenvalue weighted by molar-refractivity contribution is 6.31. The van der Waals surface area contributed by atoms with Crippen molar-refractivity contribution in [2.75, 3.05) is 43.1 Å². The fourth-order valence-corrected chi connectivity index (χ4v) is 3.22. The standard InChI is InChI=1S/C18H23ClN4O/c1-18(2,14-5-3-4-6-15(14)19)12-20-16-11-17(22-13-21-16)23-7-9-24-10-8-23/h3-6,11,13H,7-10,12H2,1-2H3,(H,20,21,22). The summed E-state index contributed by atoms with van der Waals surface area (Å²) in [6.07, 6.45) is 1.61. The van der Waals surface area contributed by atoms with Crippen LogP contribution in [0.1, 0.15) is 19.4 Å². The smallest absolute Gasteiger partial charge is 0.134 e. The second kappa shape index (κ2) is 7.36. The lowest BCUT2D eigenvalue weighted by atomic mass is 9.84. The van der Waals surface area contributed by atoms with E-state index in [1.54, 1.807) is 6.33 Å². The molecule has 0 aliphatic carbocycles. The summed E-state index contributed by atoms with van der Waals surface area (Å²) in [5.41, 5.74) is 1.02. The molecule has 0 saturated carbocycles. The molecule has 3 rings (SSSR count). The summed E-state index contributed by atoms with van der Waals surface area (Å²) in [5, 5.41) is 4.22. The molecule has 1 aromatic carbocycles. The van der Waals surface area contributed by atoms with Crippen LogP contribution in [0.25, 0.3) is 0 Å². The van der Waals surface area contributed by atoms with Crippen LogP contribution < -0.4 is 10.2 Å². The maximum atomic E-state index is 6.35. The fourth-order valence-electron chi connectivity index (χ4n) is 2.83. The van der Waals surface area contributed by atoms with Gasteiger partial charge in [-0.1, -0.05) is 43.6 Å². The molecule has 1 aliphatic rings. The van der Waals surface area contributed by atoms with E-state index in [1.807, 2.05) is 24.3 Å². The minimum atomic E-state index is -0.109. The molecular formula is C18H23ClN4O. The number of hydrogen-bond acceptors (Lipinski definition) is 5. The molecule has 0 radical (unpaired) electrons. The normalized spacial score (nSPS) is 15.4. The molecule has 1 saturated heterocycles. The molecule has 0 spiro atoms. The Kier molecular flexibility index (Phi) is 5.21. The Balaban J connectivity index is 1.69. The van der Waals surface area contributed by atoms with Gasteiger partial charge >= 0.3 is 0 Å². The third kappa shape index (κ3) is 3.97. The van der Waals surface area contributed by atoms with E-state index < -0.39 is 0 Å². The van der Waals surface area contributed by atoms with Crippen LogP contribution >= 0.6 is 11.6 Å². The first-order chi connectivity index (χ1) is 11.6. The fraction of sp³-hybridized carbons (Fsp3) is 0.444. The van der Waals surface area contributed by atoms with Gasteiger partial charge in [-0.2, -0.15) is 0 Å². The van der Waals surface area contributed by atoms with Crippen molar-refractivity contribution in [1.29, 1.82) is 0 Å². The monoisotopic (exact) mass is 346 g/mol. The van der Waals surface area contributed by atoms with E-state index in [2.05, 4.69) is 40.1 Å². The molecule has 128 valence electrons. The molecule has 1 fully saturated rings. The van der Waals surface area contributed by atoms with Crippen molar-refractivity contribution in [1.82, 2.24) is 9.97 Å². The molecule has 0 bridgehead atoms. The van der Waals surface area contributed by atoms with Crippen molar-refractivity contribution < 1.29 is 4.74 Å². The van der Waals surface area contributed by atoms with Crippen LogP contribution in [0.5, 0.6) is 0 Å². The van der Waals surface area contributed by atoms with Gasteiger partial charge in [0.1, 0.15) is 18.0 Å². The highest BCUT2D eigenvalue weighted by Crippen LogP contribution is 2.30. The number of hydrogen-bond donors (Lipinski definition) is 1. The van der Waals surface area contributed by atoms with Gasteiger partial charge in [0, 0.05) is 36.1 Å². The number of halogens is 1. The molecule has 1 aliphatic heterocycles.